The molecule has 146 valence electrons. The van der Waals surface area contributed by atoms with E-state index in [0.717, 1.165) is 5.56 Å². The molecule has 0 saturated heterocycles. The molecule has 6 heteroatoms. The van der Waals surface area contributed by atoms with E-state index in [4.69, 9.17) is 9.47 Å². The lowest BCUT2D eigenvalue weighted by Crippen LogP contribution is -2.34. The molecule has 0 saturated carbocycles. The number of carbonyl (C=O) groups is 3. The van der Waals surface area contributed by atoms with Crippen LogP contribution in [0.5, 0.6) is 5.75 Å². The third-order valence-corrected chi connectivity index (χ3v) is 3.97. The van der Waals surface area contributed by atoms with Crippen molar-refractivity contribution in [3.05, 3.63) is 102 Å². The van der Waals surface area contributed by atoms with E-state index in [1.165, 1.54) is 0 Å². The van der Waals surface area contributed by atoms with E-state index in [1.54, 1.807) is 54.6 Å². The maximum Gasteiger partial charge on any atom is 0.342 e. The molecule has 0 aliphatic carbocycles. The first-order valence-corrected chi connectivity index (χ1v) is 8.95. The zero-order valence-corrected chi connectivity index (χ0v) is 15.5. The van der Waals surface area contributed by atoms with E-state index < -0.39 is 24.4 Å². The van der Waals surface area contributed by atoms with Crippen LogP contribution in [-0.4, -0.2) is 24.4 Å². The number of esters is 1. The average Bonchev–Trinajstić information content (AvgIpc) is 2.77. The molecule has 0 aliphatic rings. The predicted molar refractivity (Wildman–Crippen MR) is 106 cm³/mol. The van der Waals surface area contributed by atoms with Gasteiger partial charge in [0, 0.05) is 5.56 Å². The Labute approximate surface area is 168 Å². The number of amides is 2. The van der Waals surface area contributed by atoms with Crippen LogP contribution in [0, 0.1) is 0 Å². The van der Waals surface area contributed by atoms with Gasteiger partial charge in [0.15, 0.2) is 6.61 Å². The third kappa shape index (κ3) is 5.77. The van der Waals surface area contributed by atoms with Crippen LogP contribution < -0.4 is 10.1 Å². The molecule has 29 heavy (non-hydrogen) atoms. The van der Waals surface area contributed by atoms with Crippen molar-refractivity contribution >= 4 is 17.8 Å². The third-order valence-electron chi connectivity index (χ3n) is 3.97. The Morgan fingerprint density at radius 3 is 2.10 bits per heavy atom. The highest BCUT2D eigenvalue weighted by Gasteiger charge is 2.17. The number of para-hydroxylation sites is 1. The molecule has 0 heterocycles. The number of imide groups is 1. The van der Waals surface area contributed by atoms with Crippen LogP contribution in [0.15, 0.2) is 84.9 Å². The lowest BCUT2D eigenvalue weighted by molar-refractivity contribution is -0.123. The fourth-order valence-electron chi connectivity index (χ4n) is 2.53. The molecular weight excluding hydrogens is 370 g/mol. The Balaban J connectivity index is 1.55. The van der Waals surface area contributed by atoms with Crippen molar-refractivity contribution in [2.75, 3.05) is 6.61 Å². The number of ether oxygens (including phenoxy) is 2. The second-order valence-electron chi connectivity index (χ2n) is 6.09. The van der Waals surface area contributed by atoms with E-state index in [2.05, 4.69) is 5.32 Å². The summed E-state index contributed by atoms with van der Waals surface area (Å²) >= 11 is 0. The van der Waals surface area contributed by atoms with Crippen molar-refractivity contribution in [3.8, 4) is 5.75 Å². The topological polar surface area (TPSA) is 81.7 Å². The Kier molecular flexibility index (Phi) is 6.73. The Morgan fingerprint density at radius 1 is 0.759 bits per heavy atom. The van der Waals surface area contributed by atoms with Crippen molar-refractivity contribution < 1.29 is 23.9 Å². The number of hydrogen-bond acceptors (Lipinski definition) is 5. The molecule has 3 aromatic rings. The molecule has 0 aromatic heterocycles. The molecule has 3 rings (SSSR count). The molecule has 0 unspecified atom stereocenters. The maximum absolute atomic E-state index is 12.4. The molecule has 2 amide bonds. The average molecular weight is 389 g/mol. The second-order valence-corrected chi connectivity index (χ2v) is 6.09. The first kappa shape index (κ1) is 19.8. The molecule has 0 fully saturated rings. The Bertz CT molecular complexity index is 986. The second kappa shape index (κ2) is 9.85. The smallest absolute Gasteiger partial charge is 0.342 e. The highest BCUT2D eigenvalue weighted by molar-refractivity contribution is 6.05. The largest absolute Gasteiger partial charge is 0.488 e. The van der Waals surface area contributed by atoms with E-state index in [9.17, 15) is 14.4 Å². The van der Waals surface area contributed by atoms with Crippen LogP contribution in [0.3, 0.4) is 0 Å². The summed E-state index contributed by atoms with van der Waals surface area (Å²) < 4.78 is 10.8. The van der Waals surface area contributed by atoms with Crippen molar-refractivity contribution in [2.45, 2.75) is 6.61 Å². The summed E-state index contributed by atoms with van der Waals surface area (Å²) in [4.78, 5) is 36.2. The summed E-state index contributed by atoms with van der Waals surface area (Å²) in [5.41, 5.74) is 1.49. The van der Waals surface area contributed by atoms with Crippen LogP contribution in [0.1, 0.15) is 26.3 Å². The summed E-state index contributed by atoms with van der Waals surface area (Å²) in [6.45, 7) is -0.290. The highest BCUT2D eigenvalue weighted by atomic mass is 16.5. The highest BCUT2D eigenvalue weighted by Crippen LogP contribution is 2.20. The fraction of sp³-hybridized carbons (Fsp3) is 0.0870. The Morgan fingerprint density at radius 2 is 1.38 bits per heavy atom. The quantitative estimate of drug-likeness (QED) is 0.627. The van der Waals surface area contributed by atoms with Gasteiger partial charge in [0.1, 0.15) is 17.9 Å². The summed E-state index contributed by atoms with van der Waals surface area (Å²) in [5.74, 6) is -1.63. The minimum absolute atomic E-state index is 0.200. The number of benzene rings is 3. The van der Waals surface area contributed by atoms with Gasteiger partial charge in [-0.2, -0.15) is 0 Å². The lowest BCUT2D eigenvalue weighted by Gasteiger charge is -2.11. The van der Waals surface area contributed by atoms with Crippen LogP contribution in [0.25, 0.3) is 0 Å². The van der Waals surface area contributed by atoms with Gasteiger partial charge in [-0.05, 0) is 29.8 Å². The van der Waals surface area contributed by atoms with E-state index in [1.807, 2.05) is 30.3 Å². The van der Waals surface area contributed by atoms with Crippen molar-refractivity contribution in [2.24, 2.45) is 0 Å². The Hall–Kier alpha value is -3.93. The van der Waals surface area contributed by atoms with Gasteiger partial charge in [0.2, 0.25) is 0 Å². The summed E-state index contributed by atoms with van der Waals surface area (Å²) in [5, 5.41) is 2.18. The van der Waals surface area contributed by atoms with Gasteiger partial charge in [-0.25, -0.2) is 4.79 Å². The van der Waals surface area contributed by atoms with E-state index >= 15 is 0 Å². The van der Waals surface area contributed by atoms with Crippen LogP contribution >= 0.6 is 0 Å². The molecular formula is C23H19NO5. The SMILES string of the molecule is O=C(COC(=O)c1ccccc1OCc1ccccc1)NC(=O)c1ccccc1. The van der Waals surface area contributed by atoms with Crippen molar-refractivity contribution in [1.82, 2.24) is 5.32 Å². The molecule has 0 atom stereocenters. The monoisotopic (exact) mass is 389 g/mol. The predicted octanol–water partition coefficient (Wildman–Crippen LogP) is 3.38. The minimum atomic E-state index is -0.713. The molecule has 0 aliphatic heterocycles. The summed E-state index contributed by atoms with van der Waals surface area (Å²) in [7, 11) is 0. The van der Waals surface area contributed by atoms with Crippen LogP contribution in [0.4, 0.5) is 0 Å². The molecule has 6 nitrogen and oxygen atoms in total. The van der Waals surface area contributed by atoms with Crippen molar-refractivity contribution in [1.29, 1.82) is 0 Å². The van der Waals surface area contributed by atoms with Gasteiger partial charge in [0.05, 0.1) is 0 Å². The van der Waals surface area contributed by atoms with Gasteiger partial charge in [-0.3, -0.25) is 14.9 Å². The first-order chi connectivity index (χ1) is 14.1. The van der Waals surface area contributed by atoms with Gasteiger partial charge in [0.25, 0.3) is 11.8 Å². The first-order valence-electron chi connectivity index (χ1n) is 8.95. The normalized spacial score (nSPS) is 10.1. The number of carbonyl (C=O) groups excluding carboxylic acids is 3. The number of hydrogen-bond donors (Lipinski definition) is 1. The zero-order chi connectivity index (χ0) is 20.5. The number of rotatable bonds is 7. The maximum atomic E-state index is 12.4. The van der Waals surface area contributed by atoms with Crippen LogP contribution in [-0.2, 0) is 16.1 Å². The van der Waals surface area contributed by atoms with Gasteiger partial charge in [-0.1, -0.05) is 60.7 Å². The molecule has 3 aromatic carbocycles. The molecule has 0 spiro atoms. The standard InChI is InChI=1S/C23H19NO5/c25-21(24-22(26)18-11-5-2-6-12-18)16-29-23(27)19-13-7-8-14-20(19)28-15-17-9-3-1-4-10-17/h1-14H,15-16H2,(H,24,25,26). The van der Waals surface area contributed by atoms with Crippen LogP contribution in [0.2, 0.25) is 0 Å². The van der Waals surface area contributed by atoms with Gasteiger partial charge >= 0.3 is 5.97 Å². The fourth-order valence-corrected chi connectivity index (χ4v) is 2.53. The summed E-state index contributed by atoms with van der Waals surface area (Å²) in [6, 6.07) is 24.4. The van der Waals surface area contributed by atoms with E-state index in [-0.39, 0.29) is 12.2 Å². The molecule has 0 radical (unpaired) electrons. The molecule has 1 N–H and O–H groups in total. The zero-order valence-electron chi connectivity index (χ0n) is 15.5. The van der Waals surface area contributed by atoms with Crippen molar-refractivity contribution in [3.63, 3.8) is 0 Å². The molecule has 0 bridgehead atoms. The van der Waals surface area contributed by atoms with E-state index in [0.29, 0.717) is 11.3 Å². The summed E-state index contributed by atoms with van der Waals surface area (Å²) in [6.07, 6.45) is 0. The van der Waals surface area contributed by atoms with Gasteiger partial charge in [-0.15, -0.1) is 0 Å². The van der Waals surface area contributed by atoms with Gasteiger partial charge < -0.3 is 9.47 Å². The number of nitrogens with one attached hydrogen (secondary N) is 1. The minimum Gasteiger partial charge on any atom is -0.488 e. The lowest BCUT2D eigenvalue weighted by atomic mass is 10.2.